The highest BCUT2D eigenvalue weighted by Crippen LogP contribution is 2.31. The lowest BCUT2D eigenvalue weighted by molar-refractivity contribution is 0.633. The molecule has 0 aliphatic rings. The van der Waals surface area contributed by atoms with Crippen molar-refractivity contribution in [3.05, 3.63) is 34.2 Å². The Hall–Kier alpha value is -1.35. The second kappa shape index (κ2) is 4.97. The van der Waals surface area contributed by atoms with Crippen LogP contribution in [0.2, 0.25) is 0 Å². The van der Waals surface area contributed by atoms with Gasteiger partial charge >= 0.3 is 0 Å². The molecule has 0 unspecified atom stereocenters. The molecular formula is C16H22N2S. The number of thiazole rings is 1. The molecule has 2 rings (SSSR count). The zero-order valence-corrected chi connectivity index (χ0v) is 13.4. The van der Waals surface area contributed by atoms with Gasteiger partial charge in [0.15, 0.2) is 5.13 Å². The van der Waals surface area contributed by atoms with E-state index in [0.29, 0.717) is 0 Å². The molecule has 1 N–H and O–H groups in total. The van der Waals surface area contributed by atoms with Gasteiger partial charge in [0.1, 0.15) is 0 Å². The van der Waals surface area contributed by atoms with Crippen LogP contribution in [0.4, 0.5) is 5.13 Å². The van der Waals surface area contributed by atoms with E-state index in [1.807, 2.05) is 0 Å². The Labute approximate surface area is 119 Å². The minimum Gasteiger partial charge on any atom is -0.357 e. The third-order valence-electron chi connectivity index (χ3n) is 2.92. The minimum absolute atomic E-state index is 0.0481. The molecule has 0 saturated carbocycles. The van der Waals surface area contributed by atoms with Crippen LogP contribution in [0.1, 0.15) is 37.5 Å². The van der Waals surface area contributed by atoms with Crippen molar-refractivity contribution >= 4 is 16.5 Å². The highest BCUT2D eigenvalue weighted by atomic mass is 32.1. The molecule has 2 aromatic rings. The average Bonchev–Trinajstić information content (AvgIpc) is 2.61. The van der Waals surface area contributed by atoms with Crippen molar-refractivity contribution in [3.8, 4) is 11.3 Å². The Bertz CT molecular complexity index is 568. The van der Waals surface area contributed by atoms with Gasteiger partial charge in [-0.2, -0.15) is 0 Å². The molecule has 0 saturated heterocycles. The van der Waals surface area contributed by atoms with Gasteiger partial charge in [-0.05, 0) is 52.7 Å². The van der Waals surface area contributed by atoms with Gasteiger partial charge in [0.05, 0.1) is 5.69 Å². The summed E-state index contributed by atoms with van der Waals surface area (Å²) in [5, 5.41) is 6.55. The summed E-state index contributed by atoms with van der Waals surface area (Å²) >= 11 is 1.67. The number of benzene rings is 1. The van der Waals surface area contributed by atoms with E-state index in [1.165, 1.54) is 22.3 Å². The molecule has 19 heavy (non-hydrogen) atoms. The second-order valence-corrected chi connectivity index (χ2v) is 7.04. The summed E-state index contributed by atoms with van der Waals surface area (Å²) in [6.45, 7) is 12.9. The number of anilines is 1. The zero-order chi connectivity index (χ0) is 14.2. The summed E-state index contributed by atoms with van der Waals surface area (Å²) in [6.07, 6.45) is 0. The normalized spacial score (nSPS) is 11.7. The first-order chi connectivity index (χ1) is 8.76. The first kappa shape index (κ1) is 14.1. The molecule has 0 bridgehead atoms. The summed E-state index contributed by atoms with van der Waals surface area (Å²) in [4.78, 5) is 4.72. The molecule has 0 spiro atoms. The van der Waals surface area contributed by atoms with Gasteiger partial charge in [0, 0.05) is 16.5 Å². The predicted octanol–water partition coefficient (Wildman–Crippen LogP) is 4.95. The molecule has 0 atom stereocenters. The van der Waals surface area contributed by atoms with Crippen LogP contribution in [0.25, 0.3) is 11.3 Å². The van der Waals surface area contributed by atoms with E-state index in [9.17, 15) is 0 Å². The van der Waals surface area contributed by atoms with E-state index >= 15 is 0 Å². The van der Waals surface area contributed by atoms with Crippen LogP contribution in [0, 0.1) is 20.8 Å². The van der Waals surface area contributed by atoms with Gasteiger partial charge in [-0.15, -0.1) is 11.3 Å². The van der Waals surface area contributed by atoms with Crippen LogP contribution in [-0.4, -0.2) is 10.5 Å². The van der Waals surface area contributed by atoms with E-state index in [2.05, 4.69) is 64.4 Å². The number of aryl methyl sites for hydroxylation is 3. The molecule has 0 aliphatic carbocycles. The van der Waals surface area contributed by atoms with E-state index in [0.717, 1.165) is 10.8 Å². The zero-order valence-electron chi connectivity index (χ0n) is 12.6. The summed E-state index contributed by atoms with van der Waals surface area (Å²) in [7, 11) is 0. The monoisotopic (exact) mass is 274 g/mol. The maximum absolute atomic E-state index is 4.72. The fourth-order valence-electron chi connectivity index (χ4n) is 2.35. The van der Waals surface area contributed by atoms with Crippen molar-refractivity contribution in [2.24, 2.45) is 0 Å². The van der Waals surface area contributed by atoms with Gasteiger partial charge in [0.2, 0.25) is 0 Å². The summed E-state index contributed by atoms with van der Waals surface area (Å²) in [5.41, 5.74) is 6.29. The largest absolute Gasteiger partial charge is 0.357 e. The van der Waals surface area contributed by atoms with Crippen LogP contribution in [-0.2, 0) is 0 Å². The number of nitrogens with zero attached hydrogens (tertiary/aromatic N) is 1. The quantitative estimate of drug-likeness (QED) is 0.838. The Kier molecular flexibility index (Phi) is 3.68. The van der Waals surface area contributed by atoms with Crippen molar-refractivity contribution in [2.45, 2.75) is 47.1 Å². The molecule has 0 radical (unpaired) electrons. The molecule has 1 aromatic carbocycles. The van der Waals surface area contributed by atoms with E-state index in [-0.39, 0.29) is 5.54 Å². The summed E-state index contributed by atoms with van der Waals surface area (Å²) < 4.78 is 0. The lowest BCUT2D eigenvalue weighted by Gasteiger charge is -2.19. The van der Waals surface area contributed by atoms with Crippen LogP contribution >= 0.6 is 11.3 Å². The molecule has 1 aromatic heterocycles. The summed E-state index contributed by atoms with van der Waals surface area (Å²) in [6, 6.07) is 4.44. The lowest BCUT2D eigenvalue weighted by Crippen LogP contribution is -2.25. The Morgan fingerprint density at radius 1 is 1.05 bits per heavy atom. The fourth-order valence-corrected chi connectivity index (χ4v) is 3.26. The molecule has 0 fully saturated rings. The van der Waals surface area contributed by atoms with Gasteiger partial charge in [-0.1, -0.05) is 17.7 Å². The first-order valence-corrected chi connectivity index (χ1v) is 7.46. The Morgan fingerprint density at radius 3 is 2.16 bits per heavy atom. The van der Waals surface area contributed by atoms with E-state index < -0.39 is 0 Å². The molecule has 1 heterocycles. The van der Waals surface area contributed by atoms with Gasteiger partial charge in [-0.25, -0.2) is 4.98 Å². The molecule has 0 amide bonds. The van der Waals surface area contributed by atoms with Gasteiger partial charge < -0.3 is 5.32 Å². The second-order valence-electron chi connectivity index (χ2n) is 6.19. The SMILES string of the molecule is Cc1cc(C)c(-c2csc(NC(C)(C)C)n2)c(C)c1. The molecular weight excluding hydrogens is 252 g/mol. The van der Waals surface area contributed by atoms with Gasteiger partial charge in [0.25, 0.3) is 0 Å². The molecule has 3 heteroatoms. The third kappa shape index (κ3) is 3.35. The smallest absolute Gasteiger partial charge is 0.183 e. The van der Waals surface area contributed by atoms with Crippen molar-refractivity contribution in [2.75, 3.05) is 5.32 Å². The van der Waals surface area contributed by atoms with E-state index in [1.54, 1.807) is 11.3 Å². The van der Waals surface area contributed by atoms with Crippen molar-refractivity contribution < 1.29 is 0 Å². The van der Waals surface area contributed by atoms with Crippen molar-refractivity contribution in [1.82, 2.24) is 4.98 Å². The van der Waals surface area contributed by atoms with Crippen LogP contribution in [0.5, 0.6) is 0 Å². The molecule has 102 valence electrons. The van der Waals surface area contributed by atoms with E-state index in [4.69, 9.17) is 4.98 Å². The van der Waals surface area contributed by atoms with Crippen LogP contribution < -0.4 is 5.32 Å². The maximum atomic E-state index is 4.72. The minimum atomic E-state index is 0.0481. The number of hydrogen-bond donors (Lipinski definition) is 1. The van der Waals surface area contributed by atoms with Gasteiger partial charge in [-0.3, -0.25) is 0 Å². The topological polar surface area (TPSA) is 24.9 Å². The molecule has 2 nitrogen and oxygen atoms in total. The highest BCUT2D eigenvalue weighted by molar-refractivity contribution is 7.14. The number of aromatic nitrogens is 1. The number of hydrogen-bond acceptors (Lipinski definition) is 3. The Balaban J connectivity index is 2.39. The third-order valence-corrected chi connectivity index (χ3v) is 3.68. The number of rotatable bonds is 2. The van der Waals surface area contributed by atoms with Crippen LogP contribution in [0.15, 0.2) is 17.5 Å². The fraction of sp³-hybridized carbons (Fsp3) is 0.438. The highest BCUT2D eigenvalue weighted by Gasteiger charge is 2.14. The predicted molar refractivity (Wildman–Crippen MR) is 85.1 cm³/mol. The Morgan fingerprint density at radius 2 is 1.63 bits per heavy atom. The standard InChI is InChI=1S/C16H22N2S/c1-10-7-11(2)14(12(3)8-10)13-9-19-15(17-13)18-16(4,5)6/h7-9H,1-6H3,(H,17,18). The van der Waals surface area contributed by atoms with Crippen LogP contribution in [0.3, 0.4) is 0 Å². The summed E-state index contributed by atoms with van der Waals surface area (Å²) in [5.74, 6) is 0. The maximum Gasteiger partial charge on any atom is 0.183 e. The number of nitrogens with one attached hydrogen (secondary N) is 1. The first-order valence-electron chi connectivity index (χ1n) is 6.58. The molecule has 0 aliphatic heterocycles. The van der Waals surface area contributed by atoms with Crippen molar-refractivity contribution in [1.29, 1.82) is 0 Å². The lowest BCUT2D eigenvalue weighted by atomic mass is 9.98. The average molecular weight is 274 g/mol. The van der Waals surface area contributed by atoms with Crippen molar-refractivity contribution in [3.63, 3.8) is 0 Å².